The summed E-state index contributed by atoms with van der Waals surface area (Å²) >= 11 is 0. The van der Waals surface area contributed by atoms with Crippen LogP contribution in [0.2, 0.25) is 0 Å². The highest BCUT2D eigenvalue weighted by Gasteiger charge is 2.26. The molecular weight excluding hydrogens is 933 g/mol. The van der Waals surface area contributed by atoms with Crippen LogP contribution in [0.5, 0.6) is 0 Å². The van der Waals surface area contributed by atoms with Gasteiger partial charge in [0.05, 0.1) is 60.0 Å². The van der Waals surface area contributed by atoms with Crippen LogP contribution in [0.15, 0.2) is 152 Å². The molecule has 8 bridgehead atoms. The van der Waals surface area contributed by atoms with Crippen LogP contribution in [-0.2, 0) is 0 Å². The van der Waals surface area contributed by atoms with Crippen molar-refractivity contribution in [2.75, 3.05) is 26.2 Å². The van der Waals surface area contributed by atoms with Crippen LogP contribution >= 0.6 is 12.4 Å². The maximum Gasteiger partial charge on any atom is 0.187 e. The molecule has 352 valence electrons. The summed E-state index contributed by atoms with van der Waals surface area (Å²) in [7, 11) is 0. The Morgan fingerprint density at radius 3 is 1.32 bits per heavy atom. The minimum Gasteiger partial charge on any atom is -1.00 e. The van der Waals surface area contributed by atoms with E-state index >= 15 is 0 Å². The van der Waals surface area contributed by atoms with Gasteiger partial charge in [-0.05, 0) is 109 Å². The molecule has 0 radical (unpaired) electrons. The predicted octanol–water partition coefficient (Wildman–Crippen LogP) is 12.4. The van der Waals surface area contributed by atoms with Crippen molar-refractivity contribution in [1.82, 2.24) is 19.5 Å². The maximum atomic E-state index is 5.29. The van der Waals surface area contributed by atoms with Crippen molar-refractivity contribution in [3.8, 4) is 39.1 Å². The molecule has 0 aliphatic carbocycles. The molecule has 9 rings (SSSR count). The number of quaternary nitrogens is 1. The third kappa shape index (κ3) is 12.9. The molecule has 3 aromatic heterocycles. The van der Waals surface area contributed by atoms with E-state index in [4.69, 9.17) is 9.97 Å². The number of unbranched alkanes of at least 4 members (excludes halogenated alkanes) is 4. The fraction of sp³-hybridized carbons (Fsp3) is 0.267. The van der Waals surface area contributed by atoms with Crippen molar-refractivity contribution >= 4 is 76.1 Å². The van der Waals surface area contributed by atoms with E-state index in [0.717, 1.165) is 83.9 Å². The Morgan fingerprint density at radius 2 is 0.853 bits per heavy atom. The molecule has 2 aliphatic heterocycles. The van der Waals surface area contributed by atoms with Gasteiger partial charge in [-0.25, -0.2) is 9.97 Å². The van der Waals surface area contributed by atoms with Gasteiger partial charge in [-0.15, -0.1) is 12.4 Å². The highest BCUT2D eigenvalue weighted by molar-refractivity contribution is 6.10. The number of para-hydroxylation sites is 1. The van der Waals surface area contributed by atoms with Crippen LogP contribution < -0.4 is 17.0 Å². The van der Waals surface area contributed by atoms with Crippen LogP contribution in [0, 0.1) is 0 Å². The van der Waals surface area contributed by atoms with Crippen LogP contribution in [0.25, 0.3) is 85.4 Å². The lowest BCUT2D eigenvalue weighted by molar-refractivity contribution is -0.929. The molecule has 0 saturated carbocycles. The second-order valence-corrected chi connectivity index (χ2v) is 17.6. The van der Waals surface area contributed by atoms with Crippen molar-refractivity contribution in [3.63, 3.8) is 0 Å². The lowest BCUT2D eigenvalue weighted by Crippen LogP contribution is -3.00. The van der Waals surface area contributed by atoms with Gasteiger partial charge in [0.25, 0.3) is 0 Å². The van der Waals surface area contributed by atoms with Gasteiger partial charge in [0, 0.05) is 33.4 Å². The summed E-state index contributed by atoms with van der Waals surface area (Å²) in [5.41, 5.74) is 15.4. The fourth-order valence-corrected chi connectivity index (χ4v) is 9.46. The van der Waals surface area contributed by atoms with Gasteiger partial charge < -0.3 is 31.0 Å². The number of hydrogen-bond acceptors (Lipinski definition) is 2. The highest BCUT2D eigenvalue weighted by atomic mass is 79.9. The first-order valence-electron chi connectivity index (χ1n) is 24.3. The number of benzene rings is 4. The van der Waals surface area contributed by atoms with Crippen molar-refractivity contribution < 1.29 is 21.5 Å². The number of H-pyrrole nitrogens is 1. The van der Waals surface area contributed by atoms with E-state index in [1.165, 1.54) is 82.0 Å². The lowest BCUT2D eigenvalue weighted by atomic mass is 9.93. The van der Waals surface area contributed by atoms with Crippen LogP contribution in [0.4, 0.5) is 0 Å². The van der Waals surface area contributed by atoms with Crippen molar-refractivity contribution in [3.05, 3.63) is 174 Å². The van der Waals surface area contributed by atoms with E-state index in [0.29, 0.717) is 0 Å². The summed E-state index contributed by atoms with van der Waals surface area (Å²) in [6.45, 7) is 15.0. The van der Waals surface area contributed by atoms with Crippen LogP contribution in [0.3, 0.4) is 0 Å². The molecule has 2 aliphatic rings. The number of nitrogens with zero attached hydrogens (tertiary/aromatic N) is 4. The molecular formula is C60H70AlBrClN5. The first kappa shape index (κ1) is 53.7. The molecule has 0 atom stereocenters. The molecule has 0 amide bonds. The molecule has 1 N–H and O–H groups in total. The Hall–Kier alpha value is -5.26. The van der Waals surface area contributed by atoms with Crippen LogP contribution in [0.1, 0.15) is 102 Å². The molecule has 0 fully saturated rings. The summed E-state index contributed by atoms with van der Waals surface area (Å²) < 4.78 is 3.83. The number of nitrogens with one attached hydrogen (secondary N) is 1. The Kier molecular flexibility index (Phi) is 20.9. The van der Waals surface area contributed by atoms with E-state index in [-0.39, 0.29) is 46.7 Å². The van der Waals surface area contributed by atoms with E-state index in [9.17, 15) is 0 Å². The number of aromatic nitrogens is 4. The van der Waals surface area contributed by atoms with Gasteiger partial charge in [0.15, 0.2) is 17.4 Å². The van der Waals surface area contributed by atoms with E-state index in [2.05, 4.69) is 213 Å². The normalized spacial score (nSPS) is 11.5. The van der Waals surface area contributed by atoms with E-state index in [1.54, 1.807) is 0 Å². The number of halogens is 2. The third-order valence-electron chi connectivity index (χ3n) is 12.8. The topological polar surface area (TPSA) is 46.5 Å². The molecule has 8 heteroatoms. The molecule has 7 aromatic rings. The second-order valence-electron chi connectivity index (χ2n) is 17.6. The molecule has 0 saturated heterocycles. The maximum absolute atomic E-state index is 5.29. The number of fused-ring (bicyclic) bond motifs is 8. The summed E-state index contributed by atoms with van der Waals surface area (Å²) in [6, 6.07) is 53.3. The zero-order valence-electron chi connectivity index (χ0n) is 39.8. The molecule has 4 aromatic carbocycles. The highest BCUT2D eigenvalue weighted by Crippen LogP contribution is 2.47. The minimum atomic E-state index is 0. The second kappa shape index (κ2) is 26.5. The standard InChI is InChI=1S/C44H30N4.C16H36N.Al.BrH.ClH.3H/c1-5-13-30(14-6-1)41-39-26-25-36(47-39)28-35-22-21-33(45-35)27-34-23-24-37(46-34)29-40-42(31-15-7-2-8-16-31)43(32-17-9-3-10-18-32)44(41)48(40)38-19-11-4-12-20-38;1-5-9-13-17(14-10-6-2,15-11-7-3)16-12-8-4;;;;;;/h1-29,45H;5-16H2,1-4H3;;2*1H;;;/q;+1;;;;;;/p-1. The largest absolute Gasteiger partial charge is 1.00 e. The Labute approximate surface area is 433 Å². The summed E-state index contributed by atoms with van der Waals surface area (Å²) in [4.78, 5) is 13.9. The molecule has 0 spiro atoms. The first-order chi connectivity index (χ1) is 32.0. The van der Waals surface area contributed by atoms with Crippen molar-refractivity contribution in [2.45, 2.75) is 79.1 Å². The molecule has 5 heterocycles. The summed E-state index contributed by atoms with van der Waals surface area (Å²) in [6.07, 6.45) is 19.5. The average molecular weight is 1000 g/mol. The number of hydrogen-bond donors (Lipinski definition) is 1. The average Bonchev–Trinajstić information content (AvgIpc) is 4.18. The van der Waals surface area contributed by atoms with Crippen LogP contribution in [-0.4, -0.2) is 67.5 Å². The SMILES string of the molecule is C1=Cc2cc3c(-c4ccccc4)c(-c4ccccc4)c(c(-c4ccccc4)c4nc(cc5ccc(cc1n2)[nH]5)C=C4)n3-c1ccccc1.CCCC[N+](CCCC)(CCCC)CCCC.Cl.[AlH3].[Br-]. The number of rotatable bonds is 16. The molecule has 0 unspecified atom stereocenters. The minimum absolute atomic E-state index is 0. The molecule has 68 heavy (non-hydrogen) atoms. The first-order valence-corrected chi connectivity index (χ1v) is 24.3. The van der Waals surface area contributed by atoms with Crippen molar-refractivity contribution in [1.29, 1.82) is 0 Å². The number of aromatic amines is 1. The third-order valence-corrected chi connectivity index (χ3v) is 12.8. The zero-order chi connectivity index (χ0) is 44.9. The Morgan fingerprint density at radius 1 is 0.456 bits per heavy atom. The lowest BCUT2D eigenvalue weighted by Gasteiger charge is -2.39. The van der Waals surface area contributed by atoms with Gasteiger partial charge in [0.2, 0.25) is 0 Å². The Balaban J connectivity index is 0.000000374. The van der Waals surface area contributed by atoms with Gasteiger partial charge in [0.1, 0.15) is 0 Å². The summed E-state index contributed by atoms with van der Waals surface area (Å²) in [5.74, 6) is 0. The van der Waals surface area contributed by atoms with Gasteiger partial charge in [-0.3, -0.25) is 0 Å². The van der Waals surface area contributed by atoms with E-state index in [1.807, 2.05) is 0 Å². The van der Waals surface area contributed by atoms with Crippen molar-refractivity contribution in [2.24, 2.45) is 0 Å². The molecule has 5 nitrogen and oxygen atoms in total. The van der Waals surface area contributed by atoms with E-state index < -0.39 is 0 Å². The Bertz CT molecular complexity index is 2840. The summed E-state index contributed by atoms with van der Waals surface area (Å²) in [5, 5.41) is 0. The smallest absolute Gasteiger partial charge is 0.187 e. The quantitative estimate of drug-likeness (QED) is 0.0774. The predicted molar refractivity (Wildman–Crippen MR) is 297 cm³/mol. The van der Waals surface area contributed by atoms with Gasteiger partial charge in [-0.2, -0.15) is 0 Å². The van der Waals surface area contributed by atoms with Gasteiger partial charge in [-0.1, -0.05) is 163 Å². The zero-order valence-corrected chi connectivity index (χ0v) is 42.2. The fourth-order valence-electron chi connectivity index (χ4n) is 9.46. The van der Waals surface area contributed by atoms with Gasteiger partial charge >= 0.3 is 0 Å². The monoisotopic (exact) mass is 1000 g/mol.